The first-order valence-electron chi connectivity index (χ1n) is 10.0. The standard InChI is InChI=1S/C25H26N2O3/c1-18(2)24(28)26-21-11-7-12-22(17-21)27-25(29)20-10-6-13-23(16-20)30-15-14-19-8-4-3-5-9-19/h3-13,16-18H,14-15H2,1-2H3,(H,26,28)(H,27,29). The first kappa shape index (κ1) is 21.1. The number of anilines is 2. The van der Waals surface area contributed by atoms with Crippen LogP contribution in [0.5, 0.6) is 5.75 Å². The van der Waals surface area contributed by atoms with Crippen LogP contribution in [0, 0.1) is 5.92 Å². The van der Waals surface area contributed by atoms with Crippen LogP contribution >= 0.6 is 0 Å². The Morgan fingerprint density at radius 2 is 1.53 bits per heavy atom. The molecule has 0 aliphatic heterocycles. The Morgan fingerprint density at radius 1 is 0.833 bits per heavy atom. The van der Waals surface area contributed by atoms with Gasteiger partial charge in [-0.2, -0.15) is 0 Å². The van der Waals surface area contributed by atoms with E-state index in [-0.39, 0.29) is 17.7 Å². The van der Waals surface area contributed by atoms with Crippen molar-refractivity contribution in [3.63, 3.8) is 0 Å². The van der Waals surface area contributed by atoms with Crippen LogP contribution in [0.2, 0.25) is 0 Å². The fourth-order valence-corrected chi connectivity index (χ4v) is 2.82. The minimum absolute atomic E-state index is 0.0705. The summed E-state index contributed by atoms with van der Waals surface area (Å²) < 4.78 is 5.81. The van der Waals surface area contributed by atoms with Gasteiger partial charge in [0.05, 0.1) is 6.61 Å². The normalized spacial score (nSPS) is 10.5. The lowest BCUT2D eigenvalue weighted by atomic mass is 10.1. The molecule has 2 N–H and O–H groups in total. The average Bonchev–Trinajstić information content (AvgIpc) is 2.75. The van der Waals surface area contributed by atoms with E-state index in [2.05, 4.69) is 22.8 Å². The predicted octanol–water partition coefficient (Wildman–Crippen LogP) is 5.15. The highest BCUT2D eigenvalue weighted by molar-refractivity contribution is 6.05. The largest absolute Gasteiger partial charge is 0.493 e. The minimum Gasteiger partial charge on any atom is -0.493 e. The van der Waals surface area contributed by atoms with Crippen molar-refractivity contribution in [1.29, 1.82) is 0 Å². The van der Waals surface area contributed by atoms with E-state index < -0.39 is 0 Å². The predicted molar refractivity (Wildman–Crippen MR) is 120 cm³/mol. The van der Waals surface area contributed by atoms with Gasteiger partial charge in [0.2, 0.25) is 5.91 Å². The number of benzene rings is 3. The molecule has 0 spiro atoms. The topological polar surface area (TPSA) is 67.4 Å². The molecule has 0 heterocycles. The molecule has 3 aromatic rings. The van der Waals surface area contributed by atoms with Gasteiger partial charge in [0.25, 0.3) is 5.91 Å². The summed E-state index contributed by atoms with van der Waals surface area (Å²) in [6.45, 7) is 4.19. The molecular formula is C25H26N2O3. The summed E-state index contributed by atoms with van der Waals surface area (Å²) in [7, 11) is 0. The molecule has 0 fully saturated rings. The Labute approximate surface area is 177 Å². The van der Waals surface area contributed by atoms with Gasteiger partial charge in [-0.1, -0.05) is 56.3 Å². The number of hydrogen-bond acceptors (Lipinski definition) is 3. The first-order chi connectivity index (χ1) is 14.5. The van der Waals surface area contributed by atoms with Gasteiger partial charge in [0, 0.05) is 29.3 Å². The van der Waals surface area contributed by atoms with Crippen LogP contribution < -0.4 is 15.4 Å². The number of rotatable bonds is 8. The van der Waals surface area contributed by atoms with Gasteiger partial charge in [0.1, 0.15) is 5.75 Å². The Morgan fingerprint density at radius 3 is 2.27 bits per heavy atom. The molecule has 0 saturated carbocycles. The highest BCUT2D eigenvalue weighted by Gasteiger charge is 2.10. The van der Waals surface area contributed by atoms with E-state index in [4.69, 9.17) is 4.74 Å². The summed E-state index contributed by atoms with van der Waals surface area (Å²) in [4.78, 5) is 24.5. The lowest BCUT2D eigenvalue weighted by Gasteiger charge is -2.11. The third kappa shape index (κ3) is 6.21. The molecule has 0 saturated heterocycles. The Hall–Kier alpha value is -3.60. The van der Waals surface area contributed by atoms with Gasteiger partial charge in [-0.3, -0.25) is 9.59 Å². The van der Waals surface area contributed by atoms with Crippen LogP contribution in [0.1, 0.15) is 29.8 Å². The lowest BCUT2D eigenvalue weighted by Crippen LogP contribution is -2.18. The average molecular weight is 402 g/mol. The molecule has 5 heteroatoms. The van der Waals surface area contributed by atoms with Crippen molar-refractivity contribution in [3.05, 3.63) is 90.0 Å². The maximum Gasteiger partial charge on any atom is 0.255 e. The van der Waals surface area contributed by atoms with Crippen LogP contribution in [0.4, 0.5) is 11.4 Å². The summed E-state index contributed by atoms with van der Waals surface area (Å²) in [5, 5.41) is 5.69. The summed E-state index contributed by atoms with van der Waals surface area (Å²) in [6, 6.07) is 24.3. The van der Waals surface area contributed by atoms with Gasteiger partial charge in [-0.05, 0) is 42.0 Å². The molecule has 0 bridgehead atoms. The summed E-state index contributed by atoms with van der Waals surface area (Å²) in [5.74, 6) is 0.221. The van der Waals surface area contributed by atoms with Gasteiger partial charge in [-0.25, -0.2) is 0 Å². The van der Waals surface area contributed by atoms with E-state index >= 15 is 0 Å². The molecule has 0 aliphatic rings. The smallest absolute Gasteiger partial charge is 0.255 e. The zero-order valence-corrected chi connectivity index (χ0v) is 17.2. The highest BCUT2D eigenvalue weighted by atomic mass is 16.5. The van der Waals surface area contributed by atoms with Crippen LogP contribution in [-0.4, -0.2) is 18.4 Å². The van der Waals surface area contributed by atoms with Crippen molar-refractivity contribution in [2.24, 2.45) is 5.92 Å². The van der Waals surface area contributed by atoms with Crippen molar-refractivity contribution in [1.82, 2.24) is 0 Å². The van der Waals surface area contributed by atoms with E-state index in [1.807, 2.05) is 38.1 Å². The molecule has 154 valence electrons. The molecule has 0 unspecified atom stereocenters. The SMILES string of the molecule is CC(C)C(=O)Nc1cccc(NC(=O)c2cccc(OCCc3ccccc3)c2)c1. The lowest BCUT2D eigenvalue weighted by molar-refractivity contribution is -0.118. The van der Waals surface area contributed by atoms with E-state index in [0.29, 0.717) is 29.3 Å². The molecule has 0 aliphatic carbocycles. The van der Waals surface area contributed by atoms with Crippen LogP contribution in [0.3, 0.4) is 0 Å². The van der Waals surface area contributed by atoms with Crippen molar-refractivity contribution in [2.75, 3.05) is 17.2 Å². The Bertz CT molecular complexity index is 1000. The van der Waals surface area contributed by atoms with Crippen molar-refractivity contribution < 1.29 is 14.3 Å². The molecule has 2 amide bonds. The van der Waals surface area contributed by atoms with E-state index in [1.54, 1.807) is 42.5 Å². The van der Waals surface area contributed by atoms with E-state index in [0.717, 1.165) is 6.42 Å². The second-order valence-corrected chi connectivity index (χ2v) is 7.29. The number of amides is 2. The second-order valence-electron chi connectivity index (χ2n) is 7.29. The van der Waals surface area contributed by atoms with Gasteiger partial charge in [0.15, 0.2) is 0 Å². The fraction of sp³-hybridized carbons (Fsp3) is 0.200. The van der Waals surface area contributed by atoms with Crippen LogP contribution in [0.15, 0.2) is 78.9 Å². The third-order valence-electron chi connectivity index (χ3n) is 4.51. The van der Waals surface area contributed by atoms with Gasteiger partial charge in [-0.15, -0.1) is 0 Å². The Balaban J connectivity index is 1.59. The Kier molecular flexibility index (Phi) is 7.22. The zero-order chi connectivity index (χ0) is 21.3. The maximum absolute atomic E-state index is 12.6. The highest BCUT2D eigenvalue weighted by Crippen LogP contribution is 2.19. The molecule has 3 rings (SSSR count). The van der Waals surface area contributed by atoms with E-state index in [9.17, 15) is 9.59 Å². The van der Waals surface area contributed by atoms with Gasteiger partial charge >= 0.3 is 0 Å². The summed E-state index contributed by atoms with van der Waals surface area (Å²) in [6.07, 6.45) is 0.798. The monoisotopic (exact) mass is 402 g/mol. The second kappa shape index (κ2) is 10.3. The molecule has 3 aromatic carbocycles. The zero-order valence-electron chi connectivity index (χ0n) is 17.2. The number of carbonyl (C=O) groups excluding carboxylic acids is 2. The van der Waals surface area contributed by atoms with Crippen molar-refractivity contribution in [3.8, 4) is 5.75 Å². The number of hydrogen-bond donors (Lipinski definition) is 2. The van der Waals surface area contributed by atoms with Crippen LogP contribution in [-0.2, 0) is 11.2 Å². The molecule has 5 nitrogen and oxygen atoms in total. The molecule has 0 radical (unpaired) electrons. The van der Waals surface area contributed by atoms with Crippen LogP contribution in [0.25, 0.3) is 0 Å². The number of ether oxygens (including phenoxy) is 1. The van der Waals surface area contributed by atoms with E-state index in [1.165, 1.54) is 5.56 Å². The third-order valence-corrected chi connectivity index (χ3v) is 4.51. The number of nitrogens with one attached hydrogen (secondary N) is 2. The minimum atomic E-state index is -0.240. The first-order valence-corrected chi connectivity index (χ1v) is 10.0. The fourth-order valence-electron chi connectivity index (χ4n) is 2.82. The summed E-state index contributed by atoms with van der Waals surface area (Å²) in [5.41, 5.74) is 2.96. The molecule has 0 atom stereocenters. The molecule has 0 aromatic heterocycles. The molecular weight excluding hydrogens is 376 g/mol. The van der Waals surface area contributed by atoms with Crippen molar-refractivity contribution in [2.45, 2.75) is 20.3 Å². The van der Waals surface area contributed by atoms with Gasteiger partial charge < -0.3 is 15.4 Å². The quantitative estimate of drug-likeness (QED) is 0.547. The maximum atomic E-state index is 12.6. The van der Waals surface area contributed by atoms with Crippen molar-refractivity contribution >= 4 is 23.2 Å². The number of carbonyl (C=O) groups is 2. The summed E-state index contributed by atoms with van der Waals surface area (Å²) >= 11 is 0. The molecule has 30 heavy (non-hydrogen) atoms.